The monoisotopic (exact) mass is 560 g/mol. The summed E-state index contributed by atoms with van der Waals surface area (Å²) in [5, 5.41) is 7.61. The molecule has 1 aliphatic rings. The highest BCUT2D eigenvalue weighted by Crippen LogP contribution is 2.48. The third-order valence-electron chi connectivity index (χ3n) is 6.87. The summed E-state index contributed by atoms with van der Waals surface area (Å²) < 4.78 is 21.6. The highest BCUT2D eigenvalue weighted by atomic mass is 32.2. The van der Waals surface area contributed by atoms with Gasteiger partial charge in [-0.15, -0.1) is 11.8 Å². The van der Waals surface area contributed by atoms with E-state index in [1.165, 1.54) is 28.8 Å². The highest BCUT2D eigenvalue weighted by molar-refractivity contribution is 8.00. The van der Waals surface area contributed by atoms with Gasteiger partial charge in [0, 0.05) is 11.0 Å². The predicted octanol–water partition coefficient (Wildman–Crippen LogP) is 6.00. The SMILES string of the molecule is Cc1ccc(-n2nc(C(C)(C)C)c3c2N(CC(=O)NCc2ccco2)C(=O)CSC3c2cccc(F)c2)c(C)c1. The molecule has 1 atom stereocenters. The van der Waals surface area contributed by atoms with Crippen molar-refractivity contribution in [3.63, 3.8) is 0 Å². The molecular formula is C31H33FN4O3S. The standard InChI is InChI=1S/C31H33FN4O3S/c1-19-11-12-24(20(2)14-19)36-30-27(29(34-36)31(3,4)5)28(21-8-6-9-22(32)15-21)40-18-26(38)35(30)17-25(37)33-16-23-10-7-13-39-23/h6-15,28H,16-18H2,1-5H3,(H,33,37). The molecule has 5 rings (SSSR count). The number of aromatic nitrogens is 2. The minimum absolute atomic E-state index is 0.123. The van der Waals surface area contributed by atoms with Crippen LogP contribution in [-0.2, 0) is 21.5 Å². The highest BCUT2D eigenvalue weighted by Gasteiger charge is 2.40. The molecule has 9 heteroatoms. The number of halogens is 1. The van der Waals surface area contributed by atoms with Gasteiger partial charge in [-0.25, -0.2) is 9.07 Å². The Labute approximate surface area is 237 Å². The fourth-order valence-corrected chi connectivity index (χ4v) is 6.20. The molecule has 1 unspecified atom stereocenters. The maximum absolute atomic E-state index is 14.5. The second-order valence-corrected chi connectivity index (χ2v) is 12.2. The van der Waals surface area contributed by atoms with Crippen molar-refractivity contribution in [2.45, 2.75) is 51.8 Å². The van der Waals surface area contributed by atoms with Gasteiger partial charge in [-0.2, -0.15) is 5.10 Å². The molecular weight excluding hydrogens is 527 g/mol. The summed E-state index contributed by atoms with van der Waals surface area (Å²) in [5.41, 5.74) is 4.85. The lowest BCUT2D eigenvalue weighted by Crippen LogP contribution is -2.42. The van der Waals surface area contributed by atoms with E-state index in [-0.39, 0.29) is 41.7 Å². The molecule has 208 valence electrons. The summed E-state index contributed by atoms with van der Waals surface area (Å²) in [6.45, 7) is 10.3. The molecule has 40 heavy (non-hydrogen) atoms. The Bertz CT molecular complexity index is 1560. The summed E-state index contributed by atoms with van der Waals surface area (Å²) in [6, 6.07) is 16.1. The van der Waals surface area contributed by atoms with Crippen molar-refractivity contribution in [1.82, 2.24) is 15.1 Å². The van der Waals surface area contributed by atoms with Gasteiger partial charge in [-0.05, 0) is 55.3 Å². The van der Waals surface area contributed by atoms with Crippen molar-refractivity contribution in [2.24, 2.45) is 0 Å². The number of anilines is 1. The second kappa shape index (κ2) is 11.0. The van der Waals surface area contributed by atoms with Crippen molar-refractivity contribution in [3.8, 4) is 5.69 Å². The third kappa shape index (κ3) is 5.56. The number of furan rings is 1. The average Bonchev–Trinajstić information content (AvgIpc) is 3.52. The third-order valence-corrected chi connectivity index (χ3v) is 8.13. The maximum Gasteiger partial charge on any atom is 0.240 e. The topological polar surface area (TPSA) is 80.4 Å². The van der Waals surface area contributed by atoms with Crippen molar-refractivity contribution in [2.75, 3.05) is 17.2 Å². The van der Waals surface area contributed by atoms with Gasteiger partial charge in [0.15, 0.2) is 0 Å². The van der Waals surface area contributed by atoms with Crippen LogP contribution in [-0.4, -0.2) is 33.9 Å². The molecule has 2 aromatic heterocycles. The quantitative estimate of drug-likeness (QED) is 0.313. The maximum atomic E-state index is 14.5. The van der Waals surface area contributed by atoms with Crippen molar-refractivity contribution in [1.29, 1.82) is 0 Å². The summed E-state index contributed by atoms with van der Waals surface area (Å²) >= 11 is 1.43. The van der Waals surface area contributed by atoms with Crippen molar-refractivity contribution >= 4 is 29.4 Å². The van der Waals surface area contributed by atoms with Gasteiger partial charge in [0.1, 0.15) is 23.9 Å². The lowest BCUT2D eigenvalue weighted by Gasteiger charge is -2.25. The van der Waals surface area contributed by atoms with Crippen LogP contribution in [0, 0.1) is 19.7 Å². The van der Waals surface area contributed by atoms with E-state index >= 15 is 0 Å². The van der Waals surface area contributed by atoms with Gasteiger partial charge in [0.05, 0.1) is 35.2 Å². The van der Waals surface area contributed by atoms with Crippen LogP contribution in [0.1, 0.15) is 59.7 Å². The zero-order chi connectivity index (χ0) is 28.6. The van der Waals surface area contributed by atoms with Crippen molar-refractivity contribution < 1.29 is 18.4 Å². The van der Waals surface area contributed by atoms with E-state index in [0.717, 1.165) is 33.6 Å². The Hall–Kier alpha value is -3.85. The van der Waals surface area contributed by atoms with Crippen LogP contribution in [0.5, 0.6) is 0 Å². The molecule has 0 aliphatic carbocycles. The van der Waals surface area contributed by atoms with Gasteiger partial charge >= 0.3 is 0 Å². The number of carbonyl (C=O) groups excluding carboxylic acids is 2. The lowest BCUT2D eigenvalue weighted by atomic mass is 9.87. The molecule has 0 spiro atoms. The molecule has 1 aliphatic heterocycles. The van der Waals surface area contributed by atoms with E-state index in [2.05, 4.69) is 32.2 Å². The number of nitrogens with one attached hydrogen (secondary N) is 1. The number of amides is 2. The van der Waals surface area contributed by atoms with Crippen LogP contribution in [0.2, 0.25) is 0 Å². The molecule has 3 heterocycles. The van der Waals surface area contributed by atoms with Gasteiger partial charge in [0.25, 0.3) is 0 Å². The summed E-state index contributed by atoms with van der Waals surface area (Å²) in [4.78, 5) is 28.5. The molecule has 0 saturated heterocycles. The molecule has 1 N–H and O–H groups in total. The Balaban J connectivity index is 1.70. The number of hydrogen-bond acceptors (Lipinski definition) is 5. The molecule has 4 aromatic rings. The number of carbonyl (C=O) groups is 2. The largest absolute Gasteiger partial charge is 0.467 e. The van der Waals surface area contributed by atoms with E-state index < -0.39 is 5.41 Å². The van der Waals surface area contributed by atoms with E-state index in [1.807, 2.05) is 32.0 Å². The number of thioether (sulfide) groups is 1. The van der Waals surface area contributed by atoms with Crippen LogP contribution in [0.3, 0.4) is 0 Å². The first-order valence-corrected chi connectivity index (χ1v) is 14.3. The first-order chi connectivity index (χ1) is 19.0. The summed E-state index contributed by atoms with van der Waals surface area (Å²) in [6.07, 6.45) is 1.55. The van der Waals surface area contributed by atoms with E-state index in [4.69, 9.17) is 9.52 Å². The van der Waals surface area contributed by atoms with Gasteiger partial charge < -0.3 is 9.73 Å². The molecule has 0 saturated carbocycles. The molecule has 2 amide bonds. The van der Waals surface area contributed by atoms with E-state index in [9.17, 15) is 14.0 Å². The molecule has 2 aromatic carbocycles. The van der Waals surface area contributed by atoms with Crippen LogP contribution in [0.25, 0.3) is 5.69 Å². The van der Waals surface area contributed by atoms with Crippen LogP contribution >= 0.6 is 11.8 Å². The zero-order valence-corrected chi connectivity index (χ0v) is 24.1. The minimum Gasteiger partial charge on any atom is -0.467 e. The van der Waals surface area contributed by atoms with E-state index in [0.29, 0.717) is 11.6 Å². The summed E-state index contributed by atoms with van der Waals surface area (Å²) in [7, 11) is 0. The Morgan fingerprint density at radius 1 is 1.15 bits per heavy atom. The molecule has 7 nitrogen and oxygen atoms in total. The van der Waals surface area contributed by atoms with Crippen LogP contribution in [0.15, 0.2) is 65.3 Å². The summed E-state index contributed by atoms with van der Waals surface area (Å²) in [5.74, 6) is 0.393. The normalized spacial score (nSPS) is 15.6. The number of rotatable bonds is 6. The van der Waals surface area contributed by atoms with E-state index in [1.54, 1.807) is 29.1 Å². The number of hydrogen-bond donors (Lipinski definition) is 1. The van der Waals surface area contributed by atoms with Crippen LogP contribution < -0.4 is 10.2 Å². The Morgan fingerprint density at radius 2 is 1.95 bits per heavy atom. The predicted molar refractivity (Wildman–Crippen MR) is 155 cm³/mol. The number of nitrogens with zero attached hydrogens (tertiary/aromatic N) is 3. The smallest absolute Gasteiger partial charge is 0.240 e. The average molecular weight is 561 g/mol. The minimum atomic E-state index is -0.402. The fraction of sp³-hybridized carbons (Fsp3) is 0.323. The van der Waals surface area contributed by atoms with Gasteiger partial charge in [0.2, 0.25) is 11.8 Å². The Kier molecular flexibility index (Phi) is 7.59. The Morgan fingerprint density at radius 3 is 2.62 bits per heavy atom. The molecule has 0 radical (unpaired) electrons. The van der Waals surface area contributed by atoms with Crippen LogP contribution in [0.4, 0.5) is 10.2 Å². The number of benzene rings is 2. The zero-order valence-electron chi connectivity index (χ0n) is 23.3. The fourth-order valence-electron chi connectivity index (χ4n) is 5.02. The van der Waals surface area contributed by atoms with Crippen molar-refractivity contribution in [3.05, 3.63) is 100 Å². The second-order valence-electron chi connectivity index (χ2n) is 11.1. The first-order valence-electron chi connectivity index (χ1n) is 13.2. The molecule has 0 bridgehead atoms. The first kappa shape index (κ1) is 27.7. The van der Waals surface area contributed by atoms with Gasteiger partial charge in [-0.1, -0.05) is 50.6 Å². The number of fused-ring (bicyclic) bond motifs is 1. The lowest BCUT2D eigenvalue weighted by molar-refractivity contribution is -0.123. The number of aryl methyl sites for hydroxylation is 2. The molecule has 0 fully saturated rings. The van der Waals surface area contributed by atoms with Gasteiger partial charge in [-0.3, -0.25) is 14.5 Å².